The average molecular weight is 367 g/mol. The second-order valence-electron chi connectivity index (χ2n) is 5.28. The third-order valence-electron chi connectivity index (χ3n) is 3.45. The van der Waals surface area contributed by atoms with E-state index in [0.29, 0.717) is 4.48 Å². The number of rotatable bonds is 5. The average Bonchev–Trinajstić information content (AvgIpc) is 2.46. The minimum absolute atomic E-state index is 0.0461. The van der Waals surface area contributed by atoms with E-state index in [2.05, 4.69) is 15.9 Å². The van der Waals surface area contributed by atoms with Crippen LogP contribution in [0.25, 0.3) is 0 Å². The third kappa shape index (κ3) is 3.39. The molecule has 1 aliphatic rings. The standard InChI is InChI=1S/C16H15BrO5/c1-16(15(20)21)7-11(14(18)19)13(12(17)8-16)22-9-10-5-3-2-4-6-10/h2-6,8H,7,9H2,1H3,(H,18,19)(H,20,21). The highest BCUT2D eigenvalue weighted by Crippen LogP contribution is 2.40. The summed E-state index contributed by atoms with van der Waals surface area (Å²) in [6, 6.07) is 9.32. The highest BCUT2D eigenvalue weighted by atomic mass is 79.9. The summed E-state index contributed by atoms with van der Waals surface area (Å²) in [6.45, 7) is 1.69. The van der Waals surface area contributed by atoms with Gasteiger partial charge in [-0.3, -0.25) is 4.79 Å². The summed E-state index contributed by atoms with van der Waals surface area (Å²) < 4.78 is 5.96. The molecule has 5 nitrogen and oxygen atoms in total. The molecule has 1 aromatic carbocycles. The molecule has 0 aliphatic heterocycles. The van der Waals surface area contributed by atoms with E-state index in [0.717, 1.165) is 5.56 Å². The van der Waals surface area contributed by atoms with E-state index < -0.39 is 17.4 Å². The van der Waals surface area contributed by atoms with Gasteiger partial charge in [0.05, 0.1) is 15.5 Å². The SMILES string of the molecule is CC1(C(=O)O)C=C(Br)C(OCc2ccccc2)=C(C(=O)O)C1. The predicted octanol–water partition coefficient (Wildman–Crippen LogP) is 3.32. The number of carbonyl (C=O) groups is 2. The lowest BCUT2D eigenvalue weighted by Crippen LogP contribution is -2.31. The van der Waals surface area contributed by atoms with Gasteiger partial charge in [0.2, 0.25) is 0 Å². The van der Waals surface area contributed by atoms with Gasteiger partial charge in [-0.15, -0.1) is 0 Å². The zero-order valence-electron chi connectivity index (χ0n) is 11.9. The first-order valence-electron chi connectivity index (χ1n) is 6.59. The summed E-state index contributed by atoms with van der Waals surface area (Å²) in [7, 11) is 0. The van der Waals surface area contributed by atoms with E-state index in [9.17, 15) is 19.8 Å². The van der Waals surface area contributed by atoms with Crippen LogP contribution < -0.4 is 0 Å². The number of carboxylic acid groups (broad SMARTS) is 2. The fraction of sp³-hybridized carbons (Fsp3) is 0.250. The van der Waals surface area contributed by atoms with Crippen molar-refractivity contribution in [1.29, 1.82) is 0 Å². The van der Waals surface area contributed by atoms with Crippen LogP contribution in [0.2, 0.25) is 0 Å². The molecule has 0 fully saturated rings. The Kier molecular flexibility index (Phi) is 4.71. The maximum absolute atomic E-state index is 11.5. The number of hydrogen-bond acceptors (Lipinski definition) is 3. The topological polar surface area (TPSA) is 83.8 Å². The molecule has 0 radical (unpaired) electrons. The van der Waals surface area contributed by atoms with Crippen molar-refractivity contribution in [3.63, 3.8) is 0 Å². The number of benzene rings is 1. The van der Waals surface area contributed by atoms with Crippen LogP contribution in [0.1, 0.15) is 18.9 Å². The molecule has 0 spiro atoms. The van der Waals surface area contributed by atoms with Crippen LogP contribution in [0.5, 0.6) is 0 Å². The summed E-state index contributed by atoms with van der Waals surface area (Å²) in [4.78, 5) is 22.8. The van der Waals surface area contributed by atoms with E-state index in [1.807, 2.05) is 30.3 Å². The van der Waals surface area contributed by atoms with E-state index in [1.54, 1.807) is 0 Å². The Morgan fingerprint density at radius 2 is 1.91 bits per heavy atom. The van der Waals surface area contributed by atoms with Gasteiger partial charge < -0.3 is 14.9 Å². The van der Waals surface area contributed by atoms with Crippen molar-refractivity contribution < 1.29 is 24.5 Å². The summed E-state index contributed by atoms with van der Waals surface area (Å²) in [5.41, 5.74) is -0.423. The van der Waals surface area contributed by atoms with Crippen LogP contribution >= 0.6 is 15.9 Å². The Morgan fingerprint density at radius 1 is 1.27 bits per heavy atom. The Labute approximate surface area is 136 Å². The van der Waals surface area contributed by atoms with Crippen LogP contribution in [-0.2, 0) is 20.9 Å². The van der Waals surface area contributed by atoms with Crippen molar-refractivity contribution in [2.45, 2.75) is 20.0 Å². The van der Waals surface area contributed by atoms with Crippen molar-refractivity contribution in [1.82, 2.24) is 0 Å². The number of halogens is 1. The summed E-state index contributed by atoms with van der Waals surface area (Å²) in [6.07, 6.45) is 1.35. The molecule has 0 saturated carbocycles. The van der Waals surface area contributed by atoms with Crippen molar-refractivity contribution >= 4 is 27.9 Å². The van der Waals surface area contributed by atoms with Gasteiger partial charge in [0, 0.05) is 6.42 Å². The molecule has 1 atom stereocenters. The van der Waals surface area contributed by atoms with Crippen LogP contribution in [-0.4, -0.2) is 22.2 Å². The molecule has 1 aromatic rings. The molecule has 0 amide bonds. The maximum Gasteiger partial charge on any atom is 0.335 e. The van der Waals surface area contributed by atoms with Crippen molar-refractivity contribution in [2.75, 3.05) is 0 Å². The molecule has 2 rings (SSSR count). The molecule has 22 heavy (non-hydrogen) atoms. The smallest absolute Gasteiger partial charge is 0.335 e. The lowest BCUT2D eigenvalue weighted by atomic mass is 9.79. The van der Waals surface area contributed by atoms with E-state index >= 15 is 0 Å². The van der Waals surface area contributed by atoms with Gasteiger partial charge in [0.1, 0.15) is 12.4 Å². The number of hydrogen-bond donors (Lipinski definition) is 2. The Balaban J connectivity index is 2.29. The quantitative estimate of drug-likeness (QED) is 0.834. The van der Waals surface area contributed by atoms with Gasteiger partial charge >= 0.3 is 11.9 Å². The lowest BCUT2D eigenvalue weighted by molar-refractivity contribution is -0.145. The molecule has 1 unspecified atom stereocenters. The van der Waals surface area contributed by atoms with Crippen molar-refractivity contribution in [2.24, 2.45) is 5.41 Å². The van der Waals surface area contributed by atoms with Gasteiger partial charge in [0.25, 0.3) is 0 Å². The summed E-state index contributed by atoms with van der Waals surface area (Å²) in [5.74, 6) is -2.08. The summed E-state index contributed by atoms with van der Waals surface area (Å²) >= 11 is 3.23. The van der Waals surface area contributed by atoms with Gasteiger partial charge in [-0.2, -0.15) is 0 Å². The normalized spacial score (nSPS) is 21.3. The summed E-state index contributed by atoms with van der Waals surface area (Å²) in [5, 5.41) is 18.6. The van der Waals surface area contributed by atoms with Gasteiger partial charge in [-0.1, -0.05) is 30.3 Å². The lowest BCUT2D eigenvalue weighted by Gasteiger charge is -2.28. The second-order valence-corrected chi connectivity index (χ2v) is 6.13. The fourth-order valence-corrected chi connectivity index (χ4v) is 3.04. The van der Waals surface area contributed by atoms with Crippen LogP contribution in [0.3, 0.4) is 0 Å². The Bertz CT molecular complexity index is 662. The van der Waals surface area contributed by atoms with Crippen LogP contribution in [0.4, 0.5) is 0 Å². The van der Waals surface area contributed by atoms with E-state index in [4.69, 9.17) is 4.74 Å². The molecule has 1 aliphatic carbocycles. The third-order valence-corrected chi connectivity index (χ3v) is 4.04. The highest BCUT2D eigenvalue weighted by molar-refractivity contribution is 9.12. The molecule has 0 saturated heterocycles. The maximum atomic E-state index is 11.5. The first kappa shape index (κ1) is 16.3. The van der Waals surface area contributed by atoms with Gasteiger partial charge in [-0.05, 0) is 34.5 Å². The largest absolute Gasteiger partial charge is 0.487 e. The molecule has 6 heteroatoms. The van der Waals surface area contributed by atoms with Crippen molar-refractivity contribution in [3.8, 4) is 0 Å². The monoisotopic (exact) mass is 366 g/mol. The van der Waals surface area contributed by atoms with E-state index in [1.165, 1.54) is 13.0 Å². The first-order valence-corrected chi connectivity index (χ1v) is 7.38. The van der Waals surface area contributed by atoms with Gasteiger partial charge in [-0.25, -0.2) is 4.79 Å². The van der Waals surface area contributed by atoms with Gasteiger partial charge in [0.15, 0.2) is 0 Å². The number of allylic oxidation sites excluding steroid dienone is 1. The molecular formula is C16H15BrO5. The minimum atomic E-state index is -1.27. The molecule has 116 valence electrons. The number of aliphatic carboxylic acids is 2. The fourth-order valence-electron chi connectivity index (χ4n) is 2.18. The Hall–Kier alpha value is -2.08. The minimum Gasteiger partial charge on any atom is -0.487 e. The number of carboxylic acids is 2. The first-order chi connectivity index (χ1) is 10.3. The Morgan fingerprint density at radius 3 is 2.45 bits per heavy atom. The zero-order valence-corrected chi connectivity index (χ0v) is 13.5. The molecule has 0 aromatic heterocycles. The van der Waals surface area contributed by atoms with Crippen LogP contribution in [0.15, 0.2) is 52.2 Å². The molecule has 0 bridgehead atoms. The molecule has 2 N–H and O–H groups in total. The number of ether oxygens (including phenoxy) is 1. The van der Waals surface area contributed by atoms with Crippen molar-refractivity contribution in [3.05, 3.63) is 57.8 Å². The molecular weight excluding hydrogens is 352 g/mol. The molecule has 0 heterocycles. The zero-order chi connectivity index (χ0) is 16.3. The van der Waals surface area contributed by atoms with Crippen LogP contribution in [0, 0.1) is 5.41 Å². The predicted molar refractivity (Wildman–Crippen MR) is 83.3 cm³/mol. The highest BCUT2D eigenvalue weighted by Gasteiger charge is 2.39. The van der Waals surface area contributed by atoms with E-state index in [-0.39, 0.29) is 24.4 Å². The second kappa shape index (κ2) is 6.36.